The maximum absolute atomic E-state index is 15.8. The summed E-state index contributed by atoms with van der Waals surface area (Å²) in [6, 6.07) is 10.6. The van der Waals surface area contributed by atoms with E-state index >= 15 is 4.79 Å². The number of carbonyl (C=O) groups excluding carboxylic acids is 4. The Kier molecular flexibility index (Phi) is 11.2. The van der Waals surface area contributed by atoms with Crippen LogP contribution in [0.2, 0.25) is 18.1 Å². The third-order valence-corrected chi connectivity index (χ3v) is 17.7. The topological polar surface area (TPSA) is 155 Å². The Balaban J connectivity index is 1.88. The highest BCUT2D eigenvalue weighted by atomic mass is 28.4. The largest absolute Gasteiger partial charge is 0.455 e. The second kappa shape index (κ2) is 14.6. The number of Topliss-reactive ketones (excluding diaryl/α,β-unsaturated/α-hetero) is 1. The van der Waals surface area contributed by atoms with Gasteiger partial charge >= 0.3 is 17.9 Å². The van der Waals surface area contributed by atoms with E-state index in [1.807, 2.05) is 0 Å². The van der Waals surface area contributed by atoms with E-state index in [1.165, 1.54) is 6.92 Å². The van der Waals surface area contributed by atoms with Crippen molar-refractivity contribution in [1.29, 1.82) is 0 Å². The predicted octanol–water partition coefficient (Wildman–Crippen LogP) is 5.63. The fraction of sp³-hybridized carbons (Fsp3) is 0.650. The monoisotopic (exact) mass is 740 g/mol. The number of hydrogen-bond acceptors (Lipinski definition) is 11. The number of esters is 3. The van der Waals surface area contributed by atoms with Crippen LogP contribution in [0.3, 0.4) is 0 Å². The molecule has 0 spiro atoms. The number of ether oxygens (including phenoxy) is 4. The Morgan fingerprint density at radius 2 is 1.69 bits per heavy atom. The van der Waals surface area contributed by atoms with Crippen molar-refractivity contribution in [3.8, 4) is 0 Å². The number of ketones is 1. The first kappa shape index (κ1) is 40.0. The van der Waals surface area contributed by atoms with E-state index < -0.39 is 90.5 Å². The standard InChI is InChI=1S/C40H56O11Si/c1-10-14-20-30(43)50-39-23-47-29(39)21-28(51-52(11-2,12-3)13-4)38(9)33(39)35(49-36(45)26-18-16-15-17-19-26)40(46)22-27(42)24(5)31(37(40,7)8)32(34(38)44)48-25(6)41/h10,15-19,27-29,32-33,35,42,46H,1,11-14,20-23H2,2-9H3/t27-,28-,29+,32+,33-,35-,38+,39-,40+/m0/s1. The van der Waals surface area contributed by atoms with Crippen molar-refractivity contribution in [2.75, 3.05) is 6.61 Å². The molecule has 0 unspecified atom stereocenters. The van der Waals surface area contributed by atoms with E-state index in [0.717, 1.165) is 18.1 Å². The molecule has 1 saturated heterocycles. The highest BCUT2D eigenvalue weighted by Crippen LogP contribution is 2.65. The second-order valence-corrected chi connectivity index (χ2v) is 20.5. The molecule has 286 valence electrons. The molecule has 1 aliphatic heterocycles. The number of carbonyl (C=O) groups is 4. The highest BCUT2D eigenvalue weighted by Gasteiger charge is 2.78. The van der Waals surface area contributed by atoms with Gasteiger partial charge in [0, 0.05) is 31.6 Å². The first-order chi connectivity index (χ1) is 24.4. The van der Waals surface area contributed by atoms with E-state index in [-0.39, 0.29) is 37.0 Å². The minimum absolute atomic E-state index is 0.00208. The minimum atomic E-state index is -2.51. The van der Waals surface area contributed by atoms with Crippen LogP contribution in [0.1, 0.15) is 91.4 Å². The van der Waals surface area contributed by atoms with Gasteiger partial charge in [-0.25, -0.2) is 4.79 Å². The Labute approximate surface area is 308 Å². The van der Waals surface area contributed by atoms with Gasteiger partial charge in [-0.15, -0.1) is 6.58 Å². The van der Waals surface area contributed by atoms with Crippen molar-refractivity contribution in [3.63, 3.8) is 0 Å². The summed E-state index contributed by atoms with van der Waals surface area (Å²) < 4.78 is 32.4. The average Bonchev–Trinajstić information content (AvgIpc) is 3.10. The van der Waals surface area contributed by atoms with Crippen LogP contribution in [0.15, 0.2) is 54.1 Å². The van der Waals surface area contributed by atoms with E-state index in [9.17, 15) is 24.6 Å². The van der Waals surface area contributed by atoms with Crippen LogP contribution in [0.25, 0.3) is 0 Å². The third-order valence-electron chi connectivity index (χ3n) is 13.0. The van der Waals surface area contributed by atoms with Crippen LogP contribution in [0.5, 0.6) is 0 Å². The lowest BCUT2D eigenvalue weighted by molar-refractivity contribution is -0.345. The van der Waals surface area contributed by atoms with Crippen LogP contribution in [0.4, 0.5) is 0 Å². The molecular formula is C40H56O11Si. The molecule has 1 heterocycles. The molecule has 2 saturated carbocycles. The van der Waals surface area contributed by atoms with Crippen molar-refractivity contribution in [3.05, 3.63) is 59.7 Å². The summed E-state index contributed by atoms with van der Waals surface area (Å²) in [5.41, 5.74) is -5.94. The van der Waals surface area contributed by atoms with Gasteiger partial charge in [-0.2, -0.15) is 0 Å². The van der Waals surface area contributed by atoms with Crippen molar-refractivity contribution in [1.82, 2.24) is 0 Å². The van der Waals surface area contributed by atoms with Gasteiger partial charge in [0.25, 0.3) is 0 Å². The highest BCUT2D eigenvalue weighted by molar-refractivity contribution is 6.73. The molecule has 1 aromatic rings. The number of fused-ring (bicyclic) bond motifs is 5. The Morgan fingerprint density at radius 3 is 2.23 bits per heavy atom. The zero-order valence-corrected chi connectivity index (χ0v) is 32.9. The summed E-state index contributed by atoms with van der Waals surface area (Å²) in [6.07, 6.45) is -4.22. The lowest BCUT2D eigenvalue weighted by Gasteiger charge is -2.68. The van der Waals surface area contributed by atoms with Crippen molar-refractivity contribution >= 4 is 32.0 Å². The first-order valence-corrected chi connectivity index (χ1v) is 21.2. The number of aliphatic hydroxyl groups is 2. The maximum Gasteiger partial charge on any atom is 0.338 e. The van der Waals surface area contributed by atoms with Gasteiger partial charge < -0.3 is 33.6 Å². The van der Waals surface area contributed by atoms with E-state index in [1.54, 1.807) is 64.1 Å². The Hall–Kier alpha value is -3.16. The maximum atomic E-state index is 15.8. The second-order valence-electron chi connectivity index (χ2n) is 15.8. The van der Waals surface area contributed by atoms with Crippen LogP contribution >= 0.6 is 0 Å². The van der Waals surface area contributed by atoms with E-state index in [4.69, 9.17) is 23.4 Å². The minimum Gasteiger partial charge on any atom is -0.455 e. The number of allylic oxidation sites excluding steroid dienone is 1. The molecule has 12 heteroatoms. The number of rotatable bonds is 12. The molecule has 11 nitrogen and oxygen atoms in total. The molecule has 1 aromatic carbocycles. The number of aliphatic hydroxyl groups excluding tert-OH is 1. The van der Waals surface area contributed by atoms with E-state index in [2.05, 4.69) is 27.4 Å². The van der Waals surface area contributed by atoms with Gasteiger partial charge in [0.2, 0.25) is 0 Å². The lowest BCUT2D eigenvalue weighted by Crippen LogP contribution is -2.82. The summed E-state index contributed by atoms with van der Waals surface area (Å²) in [4.78, 5) is 56.6. The zero-order valence-electron chi connectivity index (χ0n) is 31.9. The molecule has 0 amide bonds. The first-order valence-electron chi connectivity index (χ1n) is 18.6. The summed E-state index contributed by atoms with van der Waals surface area (Å²) in [7, 11) is -2.51. The fourth-order valence-corrected chi connectivity index (χ4v) is 12.5. The molecule has 5 rings (SSSR count). The van der Waals surface area contributed by atoms with Crippen LogP contribution < -0.4 is 0 Å². The molecule has 9 atom stereocenters. The van der Waals surface area contributed by atoms with Crippen LogP contribution in [0, 0.1) is 16.7 Å². The third kappa shape index (κ3) is 6.21. The van der Waals surface area contributed by atoms with Crippen LogP contribution in [-0.4, -0.2) is 90.6 Å². The summed E-state index contributed by atoms with van der Waals surface area (Å²) in [5, 5.41) is 25.1. The van der Waals surface area contributed by atoms with Crippen molar-refractivity contribution < 1.29 is 52.8 Å². The molecular weight excluding hydrogens is 685 g/mol. The normalized spacial score (nSPS) is 35.2. The van der Waals surface area contributed by atoms with Crippen molar-refractivity contribution in [2.45, 2.75) is 141 Å². The lowest BCUT2D eigenvalue weighted by atomic mass is 9.44. The molecule has 52 heavy (non-hydrogen) atoms. The molecule has 0 radical (unpaired) electrons. The summed E-state index contributed by atoms with van der Waals surface area (Å²) in [6.45, 7) is 17.8. The van der Waals surface area contributed by atoms with Gasteiger partial charge in [-0.05, 0) is 61.7 Å². The molecule has 2 bridgehead atoms. The Morgan fingerprint density at radius 1 is 1.06 bits per heavy atom. The quantitative estimate of drug-likeness (QED) is 0.119. The Bertz CT molecular complexity index is 1590. The van der Waals surface area contributed by atoms with Crippen molar-refractivity contribution in [2.24, 2.45) is 16.7 Å². The summed E-state index contributed by atoms with van der Waals surface area (Å²) >= 11 is 0. The van der Waals surface area contributed by atoms with Gasteiger partial charge in [-0.3, -0.25) is 14.4 Å². The summed E-state index contributed by atoms with van der Waals surface area (Å²) in [5.74, 6) is -3.88. The molecule has 4 aliphatic rings. The molecule has 3 fully saturated rings. The number of hydrogen-bond donors (Lipinski definition) is 2. The van der Waals surface area contributed by atoms with Crippen LogP contribution in [-0.2, 0) is 37.8 Å². The van der Waals surface area contributed by atoms with Gasteiger partial charge in [0.15, 0.2) is 25.8 Å². The molecule has 2 N–H and O–H groups in total. The average molecular weight is 741 g/mol. The van der Waals surface area contributed by atoms with Gasteiger partial charge in [0.1, 0.15) is 17.8 Å². The van der Waals surface area contributed by atoms with Gasteiger partial charge in [0.05, 0.1) is 35.7 Å². The predicted molar refractivity (Wildman–Crippen MR) is 195 cm³/mol. The smallest absolute Gasteiger partial charge is 0.338 e. The fourth-order valence-electron chi connectivity index (χ4n) is 9.57. The molecule has 3 aliphatic carbocycles. The SMILES string of the molecule is C=CCCC(=O)O[C@@]12CO[C@@H]1C[C@H](O[Si](CC)(CC)CC)[C@@]1(C)C(=O)[C@H](OC(C)=O)C3=C(C)[C@@H](O)C[C@@](O)([C@@H](OC(=O)c4ccccc4)[C@H]21)C3(C)C. The number of benzene rings is 1. The molecule has 0 aromatic heterocycles. The zero-order chi connectivity index (χ0) is 38.4. The van der Waals surface area contributed by atoms with Gasteiger partial charge in [-0.1, -0.05) is 58.9 Å². The van der Waals surface area contributed by atoms with E-state index in [0.29, 0.717) is 12.0 Å².